The van der Waals surface area contributed by atoms with Crippen molar-refractivity contribution in [2.24, 2.45) is 12.0 Å². The Morgan fingerprint density at radius 2 is 2.09 bits per heavy atom. The molecule has 2 rings (SSSR count). The van der Waals surface area contributed by atoms with Crippen LogP contribution in [0, 0.1) is 6.92 Å². The Morgan fingerprint density at radius 3 is 2.64 bits per heavy atom. The molecule has 1 aromatic rings. The summed E-state index contributed by atoms with van der Waals surface area (Å²) in [7, 11) is 3.83. The van der Waals surface area contributed by atoms with Gasteiger partial charge in [-0.2, -0.15) is 0 Å². The maximum Gasteiger partial charge on any atom is 0.194 e. The minimum Gasteiger partial charge on any atom is -0.349 e. The Bertz CT molecular complexity index is 504. The van der Waals surface area contributed by atoms with Crippen LogP contribution in [0.4, 0.5) is 0 Å². The Morgan fingerprint density at radius 1 is 1.36 bits per heavy atom. The molecule has 0 aromatic carbocycles. The number of hydrogen-bond donors (Lipinski definition) is 1. The highest BCUT2D eigenvalue weighted by molar-refractivity contribution is 5.80. The predicted octanol–water partition coefficient (Wildman–Crippen LogP) is 0.615. The van der Waals surface area contributed by atoms with Crippen molar-refractivity contribution in [1.29, 1.82) is 0 Å². The number of aryl methyl sites for hydroxylation is 1. The quantitative estimate of drug-likeness (QED) is 0.638. The molecule has 1 aliphatic heterocycles. The van der Waals surface area contributed by atoms with E-state index in [0.29, 0.717) is 12.6 Å². The summed E-state index contributed by atoms with van der Waals surface area (Å²) in [5, 5.41) is 11.7. The molecular formula is C15H29N7. The van der Waals surface area contributed by atoms with Gasteiger partial charge < -0.3 is 14.8 Å². The summed E-state index contributed by atoms with van der Waals surface area (Å²) in [6.45, 7) is 11.4. The fraction of sp³-hybridized carbons (Fsp3) is 0.800. The number of rotatable bonds is 5. The van der Waals surface area contributed by atoms with Crippen molar-refractivity contribution in [3.63, 3.8) is 0 Å². The molecule has 0 amide bonds. The van der Waals surface area contributed by atoms with Crippen molar-refractivity contribution >= 4 is 5.96 Å². The molecule has 22 heavy (non-hydrogen) atoms. The molecule has 0 radical (unpaired) electrons. The van der Waals surface area contributed by atoms with E-state index in [1.807, 2.05) is 25.6 Å². The van der Waals surface area contributed by atoms with E-state index in [1.54, 1.807) is 0 Å². The van der Waals surface area contributed by atoms with Crippen LogP contribution in [0.15, 0.2) is 4.99 Å². The third kappa shape index (κ3) is 3.58. The van der Waals surface area contributed by atoms with Gasteiger partial charge in [-0.15, -0.1) is 10.2 Å². The first-order valence-corrected chi connectivity index (χ1v) is 8.15. The molecule has 1 unspecified atom stereocenters. The van der Waals surface area contributed by atoms with Crippen molar-refractivity contribution in [3.05, 3.63) is 11.6 Å². The van der Waals surface area contributed by atoms with Gasteiger partial charge in [0, 0.05) is 33.2 Å². The second-order valence-corrected chi connectivity index (χ2v) is 5.73. The van der Waals surface area contributed by atoms with Crippen LogP contribution in [0.3, 0.4) is 0 Å². The lowest BCUT2D eigenvalue weighted by Crippen LogP contribution is -2.43. The van der Waals surface area contributed by atoms with Gasteiger partial charge >= 0.3 is 0 Å². The largest absolute Gasteiger partial charge is 0.349 e. The van der Waals surface area contributed by atoms with Crippen LogP contribution < -0.4 is 5.32 Å². The summed E-state index contributed by atoms with van der Waals surface area (Å²) in [4.78, 5) is 9.29. The number of likely N-dealkylation sites (tertiary alicyclic amines) is 1. The third-order valence-corrected chi connectivity index (χ3v) is 4.59. The number of nitrogens with zero attached hydrogens (tertiary/aromatic N) is 6. The molecule has 0 spiro atoms. The van der Waals surface area contributed by atoms with E-state index in [4.69, 9.17) is 0 Å². The number of aromatic nitrogens is 3. The smallest absolute Gasteiger partial charge is 0.194 e. The summed E-state index contributed by atoms with van der Waals surface area (Å²) < 4.78 is 2.00. The monoisotopic (exact) mass is 307 g/mol. The lowest BCUT2D eigenvalue weighted by atomic mass is 10.2. The van der Waals surface area contributed by atoms with Crippen LogP contribution in [-0.2, 0) is 13.6 Å². The molecule has 7 heteroatoms. The van der Waals surface area contributed by atoms with Gasteiger partial charge in [0.15, 0.2) is 11.8 Å². The number of likely N-dealkylation sites (N-methyl/N-ethyl adjacent to an activating group) is 1. The van der Waals surface area contributed by atoms with Gasteiger partial charge in [-0.05, 0) is 26.4 Å². The summed E-state index contributed by atoms with van der Waals surface area (Å²) in [5.41, 5.74) is 0. The molecule has 1 atom stereocenters. The zero-order valence-corrected chi connectivity index (χ0v) is 14.5. The lowest BCUT2D eigenvalue weighted by molar-refractivity contribution is 0.223. The lowest BCUT2D eigenvalue weighted by Gasteiger charge is -2.27. The van der Waals surface area contributed by atoms with Gasteiger partial charge in [-0.3, -0.25) is 9.89 Å². The van der Waals surface area contributed by atoms with Gasteiger partial charge in [0.25, 0.3) is 0 Å². The summed E-state index contributed by atoms with van der Waals surface area (Å²) in [6, 6.07) is 0.630. The second-order valence-electron chi connectivity index (χ2n) is 5.73. The van der Waals surface area contributed by atoms with Crippen molar-refractivity contribution < 1.29 is 0 Å². The van der Waals surface area contributed by atoms with Crippen LogP contribution in [0.25, 0.3) is 0 Å². The van der Waals surface area contributed by atoms with E-state index in [-0.39, 0.29) is 0 Å². The van der Waals surface area contributed by atoms with Crippen molar-refractivity contribution in [3.8, 4) is 0 Å². The average molecular weight is 307 g/mol. The van der Waals surface area contributed by atoms with E-state index in [9.17, 15) is 0 Å². The Hall–Kier alpha value is -1.63. The van der Waals surface area contributed by atoms with Gasteiger partial charge in [-0.25, -0.2) is 0 Å². The topological polar surface area (TPSA) is 61.6 Å². The number of hydrogen-bond acceptors (Lipinski definition) is 4. The van der Waals surface area contributed by atoms with Gasteiger partial charge in [0.1, 0.15) is 5.82 Å². The highest BCUT2D eigenvalue weighted by atomic mass is 15.4. The molecule has 0 bridgehead atoms. The van der Waals surface area contributed by atoms with E-state index < -0.39 is 0 Å². The van der Waals surface area contributed by atoms with Crippen molar-refractivity contribution in [2.75, 3.05) is 33.2 Å². The zero-order chi connectivity index (χ0) is 16.1. The molecule has 1 aliphatic rings. The average Bonchev–Trinajstić information content (AvgIpc) is 3.12. The Labute approximate surface area is 133 Å². The summed E-state index contributed by atoms with van der Waals surface area (Å²) in [6.07, 6.45) is 1.20. The minimum absolute atomic E-state index is 0.630. The van der Waals surface area contributed by atoms with Crippen LogP contribution in [0.2, 0.25) is 0 Å². The van der Waals surface area contributed by atoms with Crippen LogP contribution in [-0.4, -0.2) is 69.8 Å². The molecule has 0 aliphatic carbocycles. The summed E-state index contributed by atoms with van der Waals surface area (Å²) >= 11 is 0. The van der Waals surface area contributed by atoms with Gasteiger partial charge in [0.2, 0.25) is 0 Å². The Balaban J connectivity index is 1.92. The molecule has 7 nitrogen and oxygen atoms in total. The van der Waals surface area contributed by atoms with E-state index in [1.165, 1.54) is 6.42 Å². The number of aliphatic imine (C=N–C) groups is 1. The third-order valence-electron chi connectivity index (χ3n) is 4.59. The molecule has 1 N–H and O–H groups in total. The molecule has 0 saturated carbocycles. The Kier molecular flexibility index (Phi) is 5.76. The second kappa shape index (κ2) is 7.58. The molecular weight excluding hydrogens is 278 g/mol. The van der Waals surface area contributed by atoms with Crippen molar-refractivity contribution in [2.45, 2.75) is 39.8 Å². The van der Waals surface area contributed by atoms with Crippen LogP contribution >= 0.6 is 0 Å². The number of nitrogens with one attached hydrogen (secondary N) is 1. The van der Waals surface area contributed by atoms with E-state index in [0.717, 1.165) is 43.8 Å². The first-order valence-electron chi connectivity index (χ1n) is 8.15. The molecule has 1 saturated heterocycles. The highest BCUT2D eigenvalue weighted by Crippen LogP contribution is 2.15. The number of guanidine groups is 1. The van der Waals surface area contributed by atoms with Gasteiger partial charge in [0.05, 0.1) is 6.54 Å². The van der Waals surface area contributed by atoms with Crippen LogP contribution in [0.1, 0.15) is 31.9 Å². The first kappa shape index (κ1) is 16.7. The zero-order valence-electron chi connectivity index (χ0n) is 14.5. The standard InChI is InChI=1S/C15H29N7/c1-6-21(7-2)13-8-9-22(11-13)15(16-4)17-10-14-19-18-12(3)20(14)5/h13H,6-11H2,1-5H3,(H,16,17). The fourth-order valence-corrected chi connectivity index (χ4v) is 3.07. The van der Waals surface area contributed by atoms with Gasteiger partial charge in [-0.1, -0.05) is 13.8 Å². The molecule has 124 valence electrons. The minimum atomic E-state index is 0.630. The molecule has 2 heterocycles. The van der Waals surface area contributed by atoms with Crippen molar-refractivity contribution in [1.82, 2.24) is 29.9 Å². The van der Waals surface area contributed by atoms with E-state index >= 15 is 0 Å². The fourth-order valence-electron chi connectivity index (χ4n) is 3.07. The van der Waals surface area contributed by atoms with E-state index in [2.05, 4.69) is 44.2 Å². The maximum atomic E-state index is 4.42. The summed E-state index contributed by atoms with van der Waals surface area (Å²) in [5.74, 6) is 2.81. The highest BCUT2D eigenvalue weighted by Gasteiger charge is 2.28. The van der Waals surface area contributed by atoms with Crippen LogP contribution in [0.5, 0.6) is 0 Å². The molecule has 1 fully saturated rings. The maximum absolute atomic E-state index is 4.42. The first-order chi connectivity index (χ1) is 10.6. The predicted molar refractivity (Wildman–Crippen MR) is 88.8 cm³/mol. The SMILES string of the molecule is CCN(CC)C1CCN(C(=NC)NCc2nnc(C)n2C)C1. The molecule has 1 aromatic heterocycles. The normalized spacial score (nSPS) is 19.3.